The van der Waals surface area contributed by atoms with Crippen LogP contribution >= 0.6 is 0 Å². The van der Waals surface area contributed by atoms with E-state index in [1.165, 1.54) is 0 Å². The summed E-state index contributed by atoms with van der Waals surface area (Å²) in [6.07, 6.45) is 0. The second-order valence-corrected chi connectivity index (χ2v) is 3.45. The fraction of sp³-hybridized carbons (Fsp3) is 0.417. The van der Waals surface area contributed by atoms with Gasteiger partial charge in [0.25, 0.3) is 0 Å². The van der Waals surface area contributed by atoms with Crippen LogP contribution in [0.4, 0.5) is 10.5 Å². The number of benzene rings is 1. The van der Waals surface area contributed by atoms with Crippen molar-refractivity contribution in [2.45, 2.75) is 0 Å². The number of anilines is 1. The second-order valence-electron chi connectivity index (χ2n) is 3.45. The minimum absolute atomic E-state index is 0.0179. The number of nitrogens with one attached hydrogen (secondary N) is 2. The summed E-state index contributed by atoms with van der Waals surface area (Å²) in [5.74, 6) is 0.680. The summed E-state index contributed by atoms with van der Waals surface area (Å²) in [6, 6.07) is 6.77. The van der Waals surface area contributed by atoms with Crippen LogP contribution in [0.1, 0.15) is 0 Å². The number of methoxy groups -OCH3 is 1. The van der Waals surface area contributed by atoms with Crippen molar-refractivity contribution in [3.63, 3.8) is 0 Å². The molecule has 0 bridgehead atoms. The normalized spacial score (nSPS) is 9.89. The van der Waals surface area contributed by atoms with Crippen LogP contribution in [0.15, 0.2) is 24.3 Å². The monoisotopic (exact) mass is 254 g/mol. The predicted molar refractivity (Wildman–Crippen MR) is 67.9 cm³/mol. The van der Waals surface area contributed by atoms with E-state index in [-0.39, 0.29) is 19.2 Å². The zero-order valence-electron chi connectivity index (χ0n) is 10.3. The molecular formula is C12H18N2O4. The molecule has 1 aromatic rings. The van der Waals surface area contributed by atoms with E-state index < -0.39 is 0 Å². The second kappa shape index (κ2) is 8.32. The van der Waals surface area contributed by atoms with Crippen molar-refractivity contribution < 1.29 is 19.4 Å². The van der Waals surface area contributed by atoms with Crippen LogP contribution in [0.3, 0.4) is 0 Å². The Hall–Kier alpha value is -1.79. The third kappa shape index (κ3) is 5.51. The van der Waals surface area contributed by atoms with Crippen molar-refractivity contribution in [1.82, 2.24) is 5.32 Å². The lowest BCUT2D eigenvalue weighted by Crippen LogP contribution is -2.31. The molecule has 0 spiro atoms. The van der Waals surface area contributed by atoms with Gasteiger partial charge in [-0.05, 0) is 12.1 Å². The van der Waals surface area contributed by atoms with E-state index in [0.717, 1.165) is 0 Å². The van der Waals surface area contributed by atoms with Gasteiger partial charge in [-0.1, -0.05) is 6.07 Å². The Morgan fingerprint density at radius 2 is 2.22 bits per heavy atom. The number of rotatable bonds is 7. The number of hydrogen-bond donors (Lipinski definition) is 3. The highest BCUT2D eigenvalue weighted by Gasteiger charge is 2.01. The minimum Gasteiger partial charge on any atom is -0.497 e. The van der Waals surface area contributed by atoms with Gasteiger partial charge in [-0.2, -0.15) is 0 Å². The topological polar surface area (TPSA) is 79.8 Å². The number of ether oxygens (including phenoxy) is 2. The number of hydrogen-bond acceptors (Lipinski definition) is 4. The number of amides is 2. The van der Waals surface area contributed by atoms with Crippen LogP contribution in [0.2, 0.25) is 0 Å². The molecule has 6 heteroatoms. The maximum atomic E-state index is 11.5. The first kappa shape index (κ1) is 14.3. The van der Waals surface area contributed by atoms with Gasteiger partial charge in [-0.3, -0.25) is 0 Å². The third-order valence-electron chi connectivity index (χ3n) is 2.10. The number of aliphatic hydroxyl groups excluding tert-OH is 1. The Bertz CT molecular complexity index is 371. The Balaban J connectivity index is 2.26. The van der Waals surface area contributed by atoms with Gasteiger partial charge in [0, 0.05) is 18.3 Å². The molecule has 0 saturated heterocycles. The summed E-state index contributed by atoms with van der Waals surface area (Å²) in [6.45, 7) is 1.01. The van der Waals surface area contributed by atoms with Crippen molar-refractivity contribution in [2.24, 2.45) is 0 Å². The summed E-state index contributed by atoms with van der Waals surface area (Å²) >= 11 is 0. The van der Waals surface area contributed by atoms with Crippen LogP contribution in [0, 0.1) is 0 Å². The molecule has 18 heavy (non-hydrogen) atoms. The smallest absolute Gasteiger partial charge is 0.319 e. The van der Waals surface area contributed by atoms with Gasteiger partial charge in [0.05, 0.1) is 26.9 Å². The van der Waals surface area contributed by atoms with Crippen molar-refractivity contribution in [3.05, 3.63) is 24.3 Å². The SMILES string of the molecule is COc1cccc(NC(=O)NCCOCCO)c1. The lowest BCUT2D eigenvalue weighted by Gasteiger charge is -2.08. The minimum atomic E-state index is -0.309. The van der Waals surface area contributed by atoms with Gasteiger partial charge >= 0.3 is 6.03 Å². The molecule has 0 saturated carbocycles. The van der Waals surface area contributed by atoms with E-state index in [0.29, 0.717) is 24.6 Å². The van der Waals surface area contributed by atoms with Crippen LogP contribution in [0.5, 0.6) is 5.75 Å². The van der Waals surface area contributed by atoms with Crippen molar-refractivity contribution >= 4 is 11.7 Å². The summed E-state index contributed by atoms with van der Waals surface area (Å²) in [5, 5.41) is 13.8. The quantitative estimate of drug-likeness (QED) is 0.629. The van der Waals surface area contributed by atoms with Crippen LogP contribution in [-0.4, -0.2) is 44.6 Å². The molecule has 0 aliphatic heterocycles. The Labute approximate surface area is 106 Å². The summed E-state index contributed by atoms with van der Waals surface area (Å²) in [4.78, 5) is 11.5. The van der Waals surface area contributed by atoms with Gasteiger partial charge in [-0.25, -0.2) is 4.79 Å². The lowest BCUT2D eigenvalue weighted by molar-refractivity contribution is 0.0950. The first-order chi connectivity index (χ1) is 8.76. The van der Waals surface area contributed by atoms with E-state index in [1.807, 2.05) is 0 Å². The maximum absolute atomic E-state index is 11.5. The van der Waals surface area contributed by atoms with Gasteiger partial charge < -0.3 is 25.2 Å². The number of carbonyl (C=O) groups is 1. The first-order valence-corrected chi connectivity index (χ1v) is 5.63. The van der Waals surface area contributed by atoms with Crippen molar-refractivity contribution in [3.8, 4) is 5.75 Å². The molecule has 6 nitrogen and oxygen atoms in total. The molecule has 100 valence electrons. The van der Waals surface area contributed by atoms with E-state index in [2.05, 4.69) is 10.6 Å². The average Bonchev–Trinajstić information content (AvgIpc) is 2.38. The Morgan fingerprint density at radius 1 is 1.39 bits per heavy atom. The Morgan fingerprint density at radius 3 is 2.94 bits per heavy atom. The molecule has 0 heterocycles. The molecule has 0 aliphatic rings. The van der Waals surface area contributed by atoms with E-state index in [9.17, 15) is 4.79 Å². The van der Waals surface area contributed by atoms with Crippen molar-refractivity contribution in [2.75, 3.05) is 38.8 Å². The fourth-order valence-corrected chi connectivity index (χ4v) is 1.28. The highest BCUT2D eigenvalue weighted by Crippen LogP contribution is 2.16. The fourth-order valence-electron chi connectivity index (χ4n) is 1.28. The zero-order chi connectivity index (χ0) is 13.2. The standard InChI is InChI=1S/C12H18N2O4/c1-17-11-4-2-3-10(9-11)14-12(16)13-5-7-18-8-6-15/h2-4,9,15H,5-8H2,1H3,(H2,13,14,16). The molecule has 3 N–H and O–H groups in total. The highest BCUT2D eigenvalue weighted by molar-refractivity contribution is 5.89. The average molecular weight is 254 g/mol. The highest BCUT2D eigenvalue weighted by atomic mass is 16.5. The molecule has 0 unspecified atom stereocenters. The van der Waals surface area contributed by atoms with Crippen molar-refractivity contribution in [1.29, 1.82) is 0 Å². The molecule has 0 fully saturated rings. The molecule has 1 aromatic carbocycles. The van der Waals surface area contributed by atoms with E-state index in [1.54, 1.807) is 31.4 Å². The maximum Gasteiger partial charge on any atom is 0.319 e. The largest absolute Gasteiger partial charge is 0.497 e. The number of aliphatic hydroxyl groups is 1. The first-order valence-electron chi connectivity index (χ1n) is 5.63. The van der Waals surface area contributed by atoms with Gasteiger partial charge in [-0.15, -0.1) is 0 Å². The lowest BCUT2D eigenvalue weighted by atomic mass is 10.3. The summed E-state index contributed by atoms with van der Waals surface area (Å²) in [5.41, 5.74) is 0.656. The van der Waals surface area contributed by atoms with E-state index in [4.69, 9.17) is 14.6 Å². The van der Waals surface area contributed by atoms with Gasteiger partial charge in [0.15, 0.2) is 0 Å². The molecule has 2 amide bonds. The van der Waals surface area contributed by atoms with Gasteiger partial charge in [0.1, 0.15) is 5.75 Å². The third-order valence-corrected chi connectivity index (χ3v) is 2.10. The Kier molecular flexibility index (Phi) is 6.60. The summed E-state index contributed by atoms with van der Waals surface area (Å²) in [7, 11) is 1.57. The van der Waals surface area contributed by atoms with Crippen LogP contribution < -0.4 is 15.4 Å². The predicted octanol–water partition coefficient (Wildman–Crippen LogP) is 0.826. The molecular weight excluding hydrogens is 236 g/mol. The van der Waals surface area contributed by atoms with E-state index >= 15 is 0 Å². The number of carbonyl (C=O) groups excluding carboxylic acids is 1. The molecule has 0 aliphatic carbocycles. The number of urea groups is 1. The molecule has 0 aromatic heterocycles. The molecule has 0 atom stereocenters. The van der Waals surface area contributed by atoms with Crippen LogP contribution in [-0.2, 0) is 4.74 Å². The summed E-state index contributed by atoms with van der Waals surface area (Å²) < 4.78 is 10.1. The molecule has 0 radical (unpaired) electrons. The zero-order valence-corrected chi connectivity index (χ0v) is 10.3. The van der Waals surface area contributed by atoms with Crippen LogP contribution in [0.25, 0.3) is 0 Å². The molecule has 1 rings (SSSR count). The van der Waals surface area contributed by atoms with Gasteiger partial charge in [0.2, 0.25) is 0 Å².